The zero-order valence-electron chi connectivity index (χ0n) is 54.3. The van der Waals surface area contributed by atoms with Gasteiger partial charge in [-0.25, -0.2) is 0 Å². The van der Waals surface area contributed by atoms with Gasteiger partial charge in [-0.1, -0.05) is 206 Å². The van der Waals surface area contributed by atoms with Crippen LogP contribution in [0.15, 0.2) is 231 Å². The molecule has 4 aliphatic heterocycles. The van der Waals surface area contributed by atoms with Crippen molar-refractivity contribution in [3.63, 3.8) is 0 Å². The number of rotatable bonds is 6. The summed E-state index contributed by atoms with van der Waals surface area (Å²) in [5, 5.41) is 5.21. The number of hydrogen-bond donors (Lipinski definition) is 0. The van der Waals surface area contributed by atoms with Crippen molar-refractivity contribution in [2.45, 2.75) is 127 Å². The van der Waals surface area contributed by atoms with Gasteiger partial charge in [0.25, 0.3) is 6.71 Å². The average molecular weight is 1240 g/mol. The van der Waals surface area contributed by atoms with E-state index in [4.69, 9.17) is 0 Å². The molecule has 2 aromatic heterocycles. The van der Waals surface area contributed by atoms with Crippen LogP contribution in [-0.4, -0.2) is 17.8 Å². The van der Waals surface area contributed by atoms with E-state index in [1.807, 2.05) is 22.7 Å². The van der Waals surface area contributed by atoms with Crippen LogP contribution in [0.25, 0.3) is 62.6 Å². The fourth-order valence-electron chi connectivity index (χ4n) is 19.0. The topological polar surface area (TPSA) is 13.0 Å². The monoisotopic (exact) mass is 1240 g/mol. The van der Waals surface area contributed by atoms with Crippen molar-refractivity contribution >= 4 is 143 Å². The van der Waals surface area contributed by atoms with Gasteiger partial charge in [-0.05, 0) is 185 Å². The lowest BCUT2D eigenvalue weighted by Gasteiger charge is -2.51. The first-order valence-electron chi connectivity index (χ1n) is 34.1. The smallest absolute Gasteiger partial charge is 0.252 e. The summed E-state index contributed by atoms with van der Waals surface area (Å²) >= 11 is 3.83. The van der Waals surface area contributed by atoms with E-state index in [2.05, 4.69) is 299 Å². The molecule has 4 unspecified atom stereocenters. The predicted octanol–water partition coefficient (Wildman–Crippen LogP) is 22.6. The second-order valence-electron chi connectivity index (χ2n) is 29.8. The van der Waals surface area contributed by atoms with Crippen molar-refractivity contribution in [3.8, 4) is 22.3 Å². The van der Waals surface area contributed by atoms with E-state index in [-0.39, 0.29) is 34.0 Å². The molecule has 4 atom stereocenters. The molecule has 0 amide bonds. The lowest BCUT2D eigenvalue weighted by Crippen LogP contribution is -2.61. The average Bonchev–Trinajstić information content (AvgIpc) is 1.68. The summed E-state index contributed by atoms with van der Waals surface area (Å²) in [6.45, 7) is 17.5. The third-order valence-electron chi connectivity index (χ3n) is 24.1. The van der Waals surface area contributed by atoms with E-state index >= 15 is 0 Å². The van der Waals surface area contributed by atoms with Crippen LogP contribution in [0.3, 0.4) is 0 Å². The molecule has 0 saturated heterocycles. The normalized spacial score (nSPS) is 21.9. The van der Waals surface area contributed by atoms with E-state index in [1.54, 1.807) is 0 Å². The highest BCUT2D eigenvalue weighted by Gasteiger charge is 2.60. The van der Waals surface area contributed by atoms with Crippen molar-refractivity contribution < 1.29 is 0 Å². The number of anilines is 10. The van der Waals surface area contributed by atoms with Crippen LogP contribution in [0.4, 0.5) is 56.9 Å². The first-order chi connectivity index (χ1) is 45.2. The second-order valence-corrected chi connectivity index (χ2v) is 31.9. The standard InChI is InChI=1S/C86H75BN4S2/c1-82(2,3)58-38-43-68-64(50-58)84(5)45-19-20-46-85(84,6)90(68)59-39-41-66-72(51-59)89(70-31-23-35-78-80(70)62-29-15-17-33-76(62)93-78)74-53-60(91-67-42-37-56(54-24-10-8-11-25-54)48-63(67)83(4)44-18-21-47-86(83,91)7)52-73-81(74)87(66)65-40-36-57(55-26-12-9-13-27-55)49-71(65)88(73)69-30-22-34-77-79(69)61-28-14-16-32-75(61)92-77/h8-17,22-43,48-53H,18-21,44-47H2,1-7H3. The summed E-state index contributed by atoms with van der Waals surface area (Å²) < 4.78 is 5.22. The Balaban J connectivity index is 0.949. The molecule has 19 rings (SSSR count). The fourth-order valence-corrected chi connectivity index (χ4v) is 21.3. The Morgan fingerprint density at radius 3 is 1.38 bits per heavy atom. The van der Waals surface area contributed by atoms with Crippen LogP contribution < -0.4 is 36.0 Å². The minimum absolute atomic E-state index is 0.0289. The van der Waals surface area contributed by atoms with Crippen LogP contribution in [-0.2, 0) is 16.2 Å². The Morgan fingerprint density at radius 1 is 0.355 bits per heavy atom. The Morgan fingerprint density at radius 2 is 0.806 bits per heavy atom. The quantitative estimate of drug-likeness (QED) is 0.154. The van der Waals surface area contributed by atoms with Gasteiger partial charge in [0.05, 0.1) is 22.5 Å². The molecular weight excluding hydrogens is 1160 g/mol. The van der Waals surface area contributed by atoms with Gasteiger partial charge < -0.3 is 19.6 Å². The SMILES string of the molecule is CC(C)(C)c1ccc2c(c1)C1(C)CCCCC1(C)N2c1ccc2c(c1)N(c1cccc3sc4ccccc4c13)c1cc(N3c4ccc(-c5ccccc5)cc4C4(C)CCCCC34C)cc3c1B2c1ccc(-c2ccccc2)cc1N3c1cccc2sc3ccccc3c12. The molecule has 4 nitrogen and oxygen atoms in total. The lowest BCUT2D eigenvalue weighted by atomic mass is 9.33. The van der Waals surface area contributed by atoms with Crippen LogP contribution >= 0.6 is 22.7 Å². The summed E-state index contributed by atoms with van der Waals surface area (Å²) in [5.41, 5.74) is 25.4. The minimum Gasteiger partial charge on any atom is -0.334 e. The van der Waals surface area contributed by atoms with Crippen molar-refractivity contribution in [1.82, 2.24) is 0 Å². The number of thiophene rings is 2. The van der Waals surface area contributed by atoms with E-state index in [0.29, 0.717) is 0 Å². The molecule has 2 aliphatic carbocycles. The van der Waals surface area contributed by atoms with Crippen molar-refractivity contribution in [3.05, 3.63) is 247 Å². The molecule has 7 heteroatoms. The van der Waals surface area contributed by atoms with E-state index in [0.717, 1.165) is 19.3 Å². The molecule has 0 bridgehead atoms. The zero-order chi connectivity index (χ0) is 62.5. The van der Waals surface area contributed by atoms with Gasteiger partial charge >= 0.3 is 0 Å². The molecule has 454 valence electrons. The van der Waals surface area contributed by atoms with Crippen LogP contribution in [0.5, 0.6) is 0 Å². The lowest BCUT2D eigenvalue weighted by molar-refractivity contribution is 0.195. The third kappa shape index (κ3) is 7.67. The Hall–Kier alpha value is -8.88. The van der Waals surface area contributed by atoms with Gasteiger partial charge in [0.15, 0.2) is 0 Å². The van der Waals surface area contributed by atoms with E-state index in [9.17, 15) is 0 Å². The minimum atomic E-state index is -0.239. The van der Waals surface area contributed by atoms with Gasteiger partial charge in [-0.2, -0.15) is 0 Å². The summed E-state index contributed by atoms with van der Waals surface area (Å²) in [6, 6.07) is 90.2. The molecular formula is C86H75BN4S2. The molecule has 2 saturated carbocycles. The number of fused-ring (bicyclic) bond motifs is 16. The van der Waals surface area contributed by atoms with Crippen LogP contribution in [0.2, 0.25) is 0 Å². The first-order valence-corrected chi connectivity index (χ1v) is 35.7. The highest BCUT2D eigenvalue weighted by molar-refractivity contribution is 7.26. The van der Waals surface area contributed by atoms with Crippen LogP contribution in [0, 0.1) is 0 Å². The van der Waals surface area contributed by atoms with E-state index < -0.39 is 0 Å². The highest BCUT2D eigenvalue weighted by atomic mass is 32.1. The first kappa shape index (κ1) is 55.7. The molecule has 6 aliphatic rings. The maximum Gasteiger partial charge on any atom is 0.252 e. The number of benzene rings is 11. The molecule has 13 aromatic rings. The molecule has 93 heavy (non-hydrogen) atoms. The molecule has 0 spiro atoms. The van der Waals surface area contributed by atoms with Gasteiger partial charge in [0, 0.05) is 96.7 Å². The van der Waals surface area contributed by atoms with Gasteiger partial charge in [-0.3, -0.25) is 0 Å². The van der Waals surface area contributed by atoms with Crippen molar-refractivity contribution in [2.24, 2.45) is 0 Å². The Bertz CT molecular complexity index is 5290. The largest absolute Gasteiger partial charge is 0.334 e. The van der Waals surface area contributed by atoms with Crippen LogP contribution in [0.1, 0.15) is 117 Å². The Labute approximate surface area is 555 Å². The van der Waals surface area contributed by atoms with Crippen molar-refractivity contribution in [2.75, 3.05) is 19.6 Å². The van der Waals surface area contributed by atoms with Gasteiger partial charge in [-0.15, -0.1) is 22.7 Å². The van der Waals surface area contributed by atoms with Gasteiger partial charge in [0.2, 0.25) is 0 Å². The van der Waals surface area contributed by atoms with E-state index in [1.165, 1.54) is 185 Å². The Kier molecular flexibility index (Phi) is 11.9. The summed E-state index contributed by atoms with van der Waals surface area (Å²) in [7, 11) is 0. The summed E-state index contributed by atoms with van der Waals surface area (Å²) in [4.78, 5) is 11.2. The predicted molar refractivity (Wildman–Crippen MR) is 401 cm³/mol. The highest BCUT2D eigenvalue weighted by Crippen LogP contribution is 2.65. The molecule has 0 radical (unpaired) electrons. The van der Waals surface area contributed by atoms with Crippen molar-refractivity contribution in [1.29, 1.82) is 0 Å². The second kappa shape index (κ2) is 19.8. The molecule has 6 heterocycles. The molecule has 0 N–H and O–H groups in total. The summed E-state index contributed by atoms with van der Waals surface area (Å²) in [6.07, 6.45) is 9.36. The zero-order valence-corrected chi connectivity index (χ0v) is 55.9. The third-order valence-corrected chi connectivity index (χ3v) is 26.4. The molecule has 2 fully saturated rings. The fraction of sp³-hybridized carbons (Fsp3) is 0.233. The summed E-state index contributed by atoms with van der Waals surface area (Å²) in [5.74, 6) is 0. The number of hydrogen-bond acceptors (Lipinski definition) is 6. The maximum atomic E-state index is 2.86. The van der Waals surface area contributed by atoms with Gasteiger partial charge in [0.1, 0.15) is 0 Å². The maximum absolute atomic E-state index is 2.86. The molecule has 11 aromatic carbocycles. The number of nitrogens with zero attached hydrogens (tertiary/aromatic N) is 4.